The highest BCUT2D eigenvalue weighted by molar-refractivity contribution is 5.32. The molecule has 106 valence electrons. The molecule has 1 aromatic carbocycles. The van der Waals surface area contributed by atoms with Crippen LogP contribution in [0, 0.1) is 12.7 Å². The van der Waals surface area contributed by atoms with E-state index in [1.54, 1.807) is 0 Å². The average Bonchev–Trinajstić information content (AvgIpc) is 2.76. The Morgan fingerprint density at radius 1 is 1.30 bits per heavy atom. The largest absolute Gasteiger partial charge is 0.348 e. The van der Waals surface area contributed by atoms with Crippen LogP contribution < -0.4 is 5.73 Å². The van der Waals surface area contributed by atoms with Crippen LogP contribution in [0.15, 0.2) is 30.3 Å². The van der Waals surface area contributed by atoms with E-state index in [9.17, 15) is 4.39 Å². The Morgan fingerprint density at radius 3 is 2.80 bits per heavy atom. The minimum Gasteiger partial charge on any atom is -0.348 e. The van der Waals surface area contributed by atoms with Crippen molar-refractivity contribution in [3.63, 3.8) is 0 Å². The van der Waals surface area contributed by atoms with Crippen LogP contribution in [0.2, 0.25) is 0 Å². The molecule has 1 aliphatic carbocycles. The summed E-state index contributed by atoms with van der Waals surface area (Å²) in [5.74, 6) is -0.172. The molecule has 0 aliphatic heterocycles. The van der Waals surface area contributed by atoms with Crippen LogP contribution in [0.5, 0.6) is 0 Å². The molecule has 20 heavy (non-hydrogen) atoms. The van der Waals surface area contributed by atoms with Crippen LogP contribution in [-0.4, -0.2) is 4.57 Å². The number of fused-ring (bicyclic) bond motifs is 1. The number of hydrogen-bond donors (Lipinski definition) is 1. The van der Waals surface area contributed by atoms with Crippen LogP contribution >= 0.6 is 0 Å². The van der Waals surface area contributed by atoms with Gasteiger partial charge >= 0.3 is 0 Å². The molecular formula is C17H21FN2. The zero-order chi connectivity index (χ0) is 14.1. The fourth-order valence-electron chi connectivity index (χ4n) is 3.20. The highest BCUT2D eigenvalue weighted by atomic mass is 19.1. The van der Waals surface area contributed by atoms with Gasteiger partial charge in [0.2, 0.25) is 0 Å². The Hall–Kier alpha value is -1.61. The van der Waals surface area contributed by atoms with E-state index in [2.05, 4.69) is 17.6 Å². The van der Waals surface area contributed by atoms with Gasteiger partial charge in [0.15, 0.2) is 0 Å². The number of rotatable bonds is 3. The molecule has 3 rings (SSSR count). The van der Waals surface area contributed by atoms with Gasteiger partial charge in [-0.3, -0.25) is 0 Å². The zero-order valence-corrected chi connectivity index (χ0v) is 11.9. The number of hydrogen-bond acceptors (Lipinski definition) is 1. The first-order valence-corrected chi connectivity index (χ1v) is 7.34. The Kier molecular flexibility index (Phi) is 3.62. The molecule has 0 radical (unpaired) electrons. The zero-order valence-electron chi connectivity index (χ0n) is 11.9. The molecule has 1 aromatic heterocycles. The minimum absolute atomic E-state index is 0.172. The number of nitrogens with two attached hydrogens (primary N) is 1. The highest BCUT2D eigenvalue weighted by Crippen LogP contribution is 2.30. The van der Waals surface area contributed by atoms with Crippen LogP contribution in [0.25, 0.3) is 0 Å². The number of benzene rings is 1. The molecule has 0 spiro atoms. The Bertz CT molecular complexity index is 598. The maximum atomic E-state index is 12.9. The smallest absolute Gasteiger partial charge is 0.123 e. The second-order valence-electron chi connectivity index (χ2n) is 5.71. The lowest BCUT2D eigenvalue weighted by Gasteiger charge is -2.21. The molecule has 0 saturated carbocycles. The van der Waals surface area contributed by atoms with Gasteiger partial charge in [-0.2, -0.15) is 0 Å². The van der Waals surface area contributed by atoms with Crippen LogP contribution in [-0.2, 0) is 19.4 Å². The molecule has 0 amide bonds. The van der Waals surface area contributed by atoms with Crippen molar-refractivity contribution in [3.8, 4) is 0 Å². The molecule has 0 fully saturated rings. The van der Waals surface area contributed by atoms with E-state index in [0.29, 0.717) is 0 Å². The summed E-state index contributed by atoms with van der Waals surface area (Å²) >= 11 is 0. The van der Waals surface area contributed by atoms with Crippen molar-refractivity contribution >= 4 is 0 Å². The summed E-state index contributed by atoms with van der Waals surface area (Å²) in [6.07, 6.45) is 4.32. The van der Waals surface area contributed by atoms with Crippen molar-refractivity contribution in [2.24, 2.45) is 5.73 Å². The van der Waals surface area contributed by atoms with Gasteiger partial charge in [-0.1, -0.05) is 12.1 Å². The lowest BCUT2D eigenvalue weighted by molar-refractivity contribution is 0.536. The summed E-state index contributed by atoms with van der Waals surface area (Å²) in [4.78, 5) is 0. The van der Waals surface area contributed by atoms with Gasteiger partial charge in [-0.15, -0.1) is 0 Å². The molecule has 1 heterocycles. The normalized spacial score (nSPS) is 18.1. The second kappa shape index (κ2) is 5.41. The van der Waals surface area contributed by atoms with Crippen molar-refractivity contribution in [1.29, 1.82) is 0 Å². The number of halogens is 1. The van der Waals surface area contributed by atoms with E-state index in [1.807, 2.05) is 12.1 Å². The van der Waals surface area contributed by atoms with Crippen LogP contribution in [0.1, 0.15) is 41.4 Å². The first-order valence-electron chi connectivity index (χ1n) is 7.34. The molecule has 0 bridgehead atoms. The van der Waals surface area contributed by atoms with Gasteiger partial charge in [0.1, 0.15) is 5.82 Å². The van der Waals surface area contributed by atoms with E-state index >= 15 is 0 Å². The van der Waals surface area contributed by atoms with Gasteiger partial charge in [0.05, 0.1) is 0 Å². The Labute approximate surface area is 119 Å². The molecule has 0 saturated heterocycles. The summed E-state index contributed by atoms with van der Waals surface area (Å²) in [6.45, 7) is 3.09. The monoisotopic (exact) mass is 272 g/mol. The maximum Gasteiger partial charge on any atom is 0.123 e. The summed E-state index contributed by atoms with van der Waals surface area (Å²) in [5, 5.41) is 0. The van der Waals surface area contributed by atoms with Gasteiger partial charge in [-0.25, -0.2) is 4.39 Å². The van der Waals surface area contributed by atoms with Gasteiger partial charge < -0.3 is 10.3 Å². The van der Waals surface area contributed by atoms with E-state index in [-0.39, 0.29) is 11.9 Å². The topological polar surface area (TPSA) is 30.9 Å². The first-order chi connectivity index (χ1) is 9.65. The second-order valence-corrected chi connectivity index (χ2v) is 5.71. The standard InChI is InChI=1S/C17H21FN2/c1-12-11-15-16(19)3-2-4-17(15)20(12)10-9-13-5-7-14(18)8-6-13/h5-8,11,16H,2-4,9-10,19H2,1H3. The van der Waals surface area contributed by atoms with E-state index in [1.165, 1.54) is 41.1 Å². The molecule has 2 aromatic rings. The van der Waals surface area contributed by atoms with E-state index in [4.69, 9.17) is 5.73 Å². The summed E-state index contributed by atoms with van der Waals surface area (Å²) < 4.78 is 15.3. The van der Waals surface area contributed by atoms with Crippen molar-refractivity contribution in [1.82, 2.24) is 4.57 Å². The molecule has 3 heteroatoms. The maximum absolute atomic E-state index is 12.9. The predicted octanol–water partition coefficient (Wildman–Crippen LogP) is 3.51. The molecule has 1 unspecified atom stereocenters. The average molecular weight is 272 g/mol. The van der Waals surface area contributed by atoms with Crippen molar-refractivity contribution < 1.29 is 4.39 Å². The van der Waals surface area contributed by atoms with E-state index < -0.39 is 0 Å². The SMILES string of the molecule is Cc1cc2c(n1CCc1ccc(F)cc1)CCCC2N. The Morgan fingerprint density at radius 2 is 2.05 bits per heavy atom. The minimum atomic E-state index is -0.172. The summed E-state index contributed by atoms with van der Waals surface area (Å²) in [6, 6.07) is 9.24. The summed E-state index contributed by atoms with van der Waals surface area (Å²) in [5.41, 5.74) is 11.4. The lowest BCUT2D eigenvalue weighted by atomic mass is 9.93. The fraction of sp³-hybridized carbons (Fsp3) is 0.412. The number of aromatic nitrogens is 1. The van der Waals surface area contributed by atoms with Crippen molar-refractivity contribution in [3.05, 3.63) is 58.7 Å². The van der Waals surface area contributed by atoms with Gasteiger partial charge in [-0.05, 0) is 61.9 Å². The highest BCUT2D eigenvalue weighted by Gasteiger charge is 2.21. The quantitative estimate of drug-likeness (QED) is 0.910. The third-order valence-electron chi connectivity index (χ3n) is 4.31. The third-order valence-corrected chi connectivity index (χ3v) is 4.31. The molecule has 2 nitrogen and oxygen atoms in total. The van der Waals surface area contributed by atoms with E-state index in [0.717, 1.165) is 25.8 Å². The summed E-state index contributed by atoms with van der Waals surface area (Å²) in [7, 11) is 0. The van der Waals surface area contributed by atoms with Crippen molar-refractivity contribution in [2.75, 3.05) is 0 Å². The predicted molar refractivity (Wildman–Crippen MR) is 79.1 cm³/mol. The van der Waals surface area contributed by atoms with Crippen molar-refractivity contribution in [2.45, 2.75) is 45.2 Å². The Balaban J connectivity index is 1.79. The van der Waals surface area contributed by atoms with Gasteiger partial charge in [0.25, 0.3) is 0 Å². The molecule has 2 N–H and O–H groups in total. The van der Waals surface area contributed by atoms with Gasteiger partial charge in [0, 0.05) is 24.0 Å². The molecule has 1 atom stereocenters. The number of aryl methyl sites for hydroxylation is 2. The molecular weight excluding hydrogens is 251 g/mol. The number of nitrogens with zero attached hydrogens (tertiary/aromatic N) is 1. The molecule has 1 aliphatic rings. The lowest BCUT2D eigenvalue weighted by Crippen LogP contribution is -2.18. The first kappa shape index (κ1) is 13.4. The fourth-order valence-corrected chi connectivity index (χ4v) is 3.20. The third kappa shape index (κ3) is 2.50. The van der Waals surface area contributed by atoms with Crippen LogP contribution in [0.4, 0.5) is 4.39 Å². The van der Waals surface area contributed by atoms with Crippen LogP contribution in [0.3, 0.4) is 0 Å².